The topological polar surface area (TPSA) is 64.0 Å². The van der Waals surface area contributed by atoms with Gasteiger partial charge in [0.25, 0.3) is 10.0 Å². The van der Waals surface area contributed by atoms with Crippen molar-refractivity contribution in [1.82, 2.24) is 9.55 Å². The van der Waals surface area contributed by atoms with Gasteiger partial charge in [-0.1, -0.05) is 36.8 Å². The van der Waals surface area contributed by atoms with Gasteiger partial charge in [0, 0.05) is 18.8 Å². The lowest BCUT2D eigenvalue weighted by molar-refractivity contribution is 0.601. The number of sulfonamides is 1. The Kier molecular flexibility index (Phi) is 4.40. The summed E-state index contributed by atoms with van der Waals surface area (Å²) in [6.45, 7) is 3.93. The Hall–Kier alpha value is -2.60. The highest BCUT2D eigenvalue weighted by atomic mass is 32.2. The summed E-state index contributed by atoms with van der Waals surface area (Å²) in [5, 5.41) is 0. The zero-order chi connectivity index (χ0) is 17.2. The highest BCUT2D eigenvalue weighted by molar-refractivity contribution is 7.92. The highest BCUT2D eigenvalue weighted by Crippen LogP contribution is 2.24. The van der Waals surface area contributed by atoms with Crippen molar-refractivity contribution in [3.8, 4) is 5.69 Å². The average molecular weight is 341 g/mol. The fourth-order valence-electron chi connectivity index (χ4n) is 2.51. The quantitative estimate of drug-likeness (QED) is 0.772. The third-order valence-electron chi connectivity index (χ3n) is 3.77. The molecule has 0 radical (unpaired) electrons. The molecule has 3 aromatic rings. The van der Waals surface area contributed by atoms with Gasteiger partial charge in [0.2, 0.25) is 0 Å². The van der Waals surface area contributed by atoms with Gasteiger partial charge in [-0.3, -0.25) is 4.72 Å². The number of nitrogens with zero attached hydrogens (tertiary/aromatic N) is 2. The summed E-state index contributed by atoms with van der Waals surface area (Å²) < 4.78 is 29.9. The molecule has 0 aliphatic heterocycles. The van der Waals surface area contributed by atoms with E-state index in [-0.39, 0.29) is 4.90 Å². The predicted octanol–water partition coefficient (Wildman–Crippen LogP) is 3.54. The normalized spacial score (nSPS) is 11.4. The highest BCUT2D eigenvalue weighted by Gasteiger charge is 2.17. The minimum absolute atomic E-state index is 0.240. The van der Waals surface area contributed by atoms with E-state index < -0.39 is 10.0 Å². The predicted molar refractivity (Wildman–Crippen MR) is 94.9 cm³/mol. The second kappa shape index (κ2) is 6.49. The van der Waals surface area contributed by atoms with Crippen molar-refractivity contribution in [2.45, 2.75) is 25.2 Å². The molecule has 0 fully saturated rings. The molecule has 3 rings (SSSR count). The van der Waals surface area contributed by atoms with E-state index >= 15 is 0 Å². The molecular weight excluding hydrogens is 322 g/mol. The number of benzene rings is 2. The van der Waals surface area contributed by atoms with E-state index in [1.54, 1.807) is 42.6 Å². The third-order valence-corrected chi connectivity index (χ3v) is 5.15. The molecule has 24 heavy (non-hydrogen) atoms. The van der Waals surface area contributed by atoms with Gasteiger partial charge in [-0.25, -0.2) is 13.4 Å². The minimum Gasteiger partial charge on any atom is -0.302 e. The number of para-hydroxylation sites is 2. The first-order chi connectivity index (χ1) is 11.5. The second-order valence-corrected chi connectivity index (χ2v) is 7.19. The van der Waals surface area contributed by atoms with Gasteiger partial charge in [0.1, 0.15) is 5.82 Å². The summed E-state index contributed by atoms with van der Waals surface area (Å²) in [6, 6.07) is 14.1. The van der Waals surface area contributed by atoms with Gasteiger partial charge < -0.3 is 4.57 Å². The van der Waals surface area contributed by atoms with Crippen LogP contribution in [0.2, 0.25) is 0 Å². The number of hydrogen-bond donors (Lipinski definition) is 1. The molecule has 0 bridgehead atoms. The summed E-state index contributed by atoms with van der Waals surface area (Å²) in [4.78, 5) is 4.54. The maximum absolute atomic E-state index is 12.7. The summed E-state index contributed by atoms with van der Waals surface area (Å²) in [5.74, 6) is 0.872. The Morgan fingerprint density at radius 2 is 1.79 bits per heavy atom. The summed E-state index contributed by atoms with van der Waals surface area (Å²) in [5.41, 5.74) is 2.29. The first-order valence-corrected chi connectivity index (χ1v) is 9.20. The fourth-order valence-corrected chi connectivity index (χ4v) is 3.58. The van der Waals surface area contributed by atoms with Crippen LogP contribution in [0.4, 0.5) is 5.69 Å². The van der Waals surface area contributed by atoms with Gasteiger partial charge in [-0.2, -0.15) is 0 Å². The standard InChI is InChI=1S/C18H19N3O2S/c1-3-18-19-12-13-21(18)17-7-5-4-6-16(17)20-24(22,23)15-10-8-14(2)9-11-15/h4-13,20H,3H2,1-2H3. The fraction of sp³-hybridized carbons (Fsp3) is 0.167. The lowest BCUT2D eigenvalue weighted by Gasteiger charge is -2.14. The number of anilines is 1. The molecule has 5 nitrogen and oxygen atoms in total. The molecule has 0 saturated heterocycles. The van der Waals surface area contributed by atoms with Crippen molar-refractivity contribution in [3.05, 3.63) is 72.3 Å². The van der Waals surface area contributed by atoms with Gasteiger partial charge in [0.15, 0.2) is 0 Å². The zero-order valence-electron chi connectivity index (χ0n) is 13.6. The van der Waals surface area contributed by atoms with E-state index in [9.17, 15) is 8.42 Å². The maximum atomic E-state index is 12.7. The first kappa shape index (κ1) is 16.3. The Labute approximate surface area is 142 Å². The molecule has 0 aliphatic rings. The van der Waals surface area contributed by atoms with Gasteiger partial charge in [-0.05, 0) is 31.2 Å². The largest absolute Gasteiger partial charge is 0.302 e. The molecule has 1 heterocycles. The van der Waals surface area contributed by atoms with Crippen LogP contribution in [-0.2, 0) is 16.4 Å². The van der Waals surface area contributed by atoms with Crippen LogP contribution in [0.15, 0.2) is 65.8 Å². The molecule has 0 unspecified atom stereocenters. The van der Waals surface area contributed by atoms with Crippen LogP contribution in [-0.4, -0.2) is 18.0 Å². The maximum Gasteiger partial charge on any atom is 0.261 e. The van der Waals surface area contributed by atoms with E-state index in [0.29, 0.717) is 5.69 Å². The zero-order valence-corrected chi connectivity index (χ0v) is 14.4. The van der Waals surface area contributed by atoms with Gasteiger partial charge in [-0.15, -0.1) is 0 Å². The van der Waals surface area contributed by atoms with Crippen molar-refractivity contribution in [3.63, 3.8) is 0 Å². The average Bonchev–Trinajstić information content (AvgIpc) is 3.04. The Bertz CT molecular complexity index is 944. The SMILES string of the molecule is CCc1nccn1-c1ccccc1NS(=O)(=O)c1ccc(C)cc1. The molecule has 1 N–H and O–H groups in total. The van der Waals surface area contributed by atoms with Crippen LogP contribution in [0.3, 0.4) is 0 Å². The van der Waals surface area contributed by atoms with E-state index in [0.717, 1.165) is 23.5 Å². The number of aryl methyl sites for hydroxylation is 2. The Balaban J connectivity index is 2.01. The van der Waals surface area contributed by atoms with Crippen molar-refractivity contribution in [2.24, 2.45) is 0 Å². The molecule has 0 spiro atoms. The minimum atomic E-state index is -3.65. The number of aromatic nitrogens is 2. The molecular formula is C18H19N3O2S. The lowest BCUT2D eigenvalue weighted by atomic mass is 10.2. The lowest BCUT2D eigenvalue weighted by Crippen LogP contribution is -2.15. The van der Waals surface area contributed by atoms with Crippen LogP contribution in [0.1, 0.15) is 18.3 Å². The molecule has 1 aromatic heterocycles. The van der Waals surface area contributed by atoms with Gasteiger partial charge in [0.05, 0.1) is 16.3 Å². The number of imidazole rings is 1. The first-order valence-electron chi connectivity index (χ1n) is 7.72. The molecule has 0 amide bonds. The summed E-state index contributed by atoms with van der Waals surface area (Å²) in [7, 11) is -3.65. The number of nitrogens with one attached hydrogen (secondary N) is 1. The third kappa shape index (κ3) is 3.19. The smallest absolute Gasteiger partial charge is 0.261 e. The summed E-state index contributed by atoms with van der Waals surface area (Å²) in [6.07, 6.45) is 4.30. The van der Waals surface area contributed by atoms with E-state index in [1.807, 2.05) is 36.7 Å². The molecule has 124 valence electrons. The van der Waals surface area contributed by atoms with Crippen molar-refractivity contribution >= 4 is 15.7 Å². The van der Waals surface area contributed by atoms with E-state index in [1.165, 1.54) is 0 Å². The van der Waals surface area contributed by atoms with E-state index in [2.05, 4.69) is 9.71 Å². The molecule has 0 atom stereocenters. The van der Waals surface area contributed by atoms with Crippen molar-refractivity contribution in [2.75, 3.05) is 4.72 Å². The second-order valence-electron chi connectivity index (χ2n) is 5.50. The number of rotatable bonds is 5. The molecule has 0 aliphatic carbocycles. The van der Waals surface area contributed by atoms with Crippen LogP contribution in [0.5, 0.6) is 0 Å². The van der Waals surface area contributed by atoms with Crippen LogP contribution >= 0.6 is 0 Å². The molecule has 6 heteroatoms. The summed E-state index contributed by atoms with van der Waals surface area (Å²) >= 11 is 0. The molecule has 2 aromatic carbocycles. The van der Waals surface area contributed by atoms with Crippen LogP contribution in [0.25, 0.3) is 5.69 Å². The van der Waals surface area contributed by atoms with Gasteiger partial charge >= 0.3 is 0 Å². The van der Waals surface area contributed by atoms with Crippen LogP contribution < -0.4 is 4.72 Å². The Morgan fingerprint density at radius 1 is 1.08 bits per heavy atom. The van der Waals surface area contributed by atoms with Crippen LogP contribution in [0, 0.1) is 6.92 Å². The van der Waals surface area contributed by atoms with E-state index in [4.69, 9.17) is 0 Å². The number of hydrogen-bond acceptors (Lipinski definition) is 3. The Morgan fingerprint density at radius 3 is 2.50 bits per heavy atom. The van der Waals surface area contributed by atoms with Crippen molar-refractivity contribution in [1.29, 1.82) is 0 Å². The molecule has 0 saturated carbocycles. The monoisotopic (exact) mass is 341 g/mol. The van der Waals surface area contributed by atoms with Crippen molar-refractivity contribution < 1.29 is 8.42 Å².